The molecule has 0 fully saturated rings. The van der Waals surface area contributed by atoms with Crippen LogP contribution in [0.15, 0.2) is 247 Å². The van der Waals surface area contributed by atoms with E-state index in [0.29, 0.717) is 144 Å². The number of carbonyl (C=O) groups excluding carboxylic acids is 5. The number of anilines is 1. The van der Waals surface area contributed by atoms with E-state index in [1.807, 2.05) is 136 Å². The Morgan fingerprint density at radius 2 is 0.725 bits per heavy atom. The summed E-state index contributed by atoms with van der Waals surface area (Å²) >= 11 is 13.7. The summed E-state index contributed by atoms with van der Waals surface area (Å²) in [5.74, 6) is 4.42. The van der Waals surface area contributed by atoms with Crippen LogP contribution in [0.4, 0.5) is 5.69 Å². The average Bonchev–Trinajstić information content (AvgIpc) is 0.868. The largest absolute Gasteiger partial charge is 0.489 e. The lowest BCUT2D eigenvalue weighted by Gasteiger charge is -2.22. The van der Waals surface area contributed by atoms with Gasteiger partial charge in [-0.2, -0.15) is 0 Å². The van der Waals surface area contributed by atoms with Crippen molar-refractivity contribution in [1.29, 1.82) is 0 Å². The predicted octanol–water partition coefficient (Wildman–Crippen LogP) is 17.3. The number of aromatic nitrogens is 10. The van der Waals surface area contributed by atoms with Crippen molar-refractivity contribution in [3.05, 3.63) is 381 Å². The lowest BCUT2D eigenvalue weighted by Crippen LogP contribution is -2.19. The van der Waals surface area contributed by atoms with Gasteiger partial charge in [-0.15, -0.1) is 11.3 Å². The molecular formula is C109H101Cl2N11O15S. The maximum atomic E-state index is 12.1. The molecule has 26 nitrogen and oxygen atoms in total. The number of nitrogens with one attached hydrogen (secondary N) is 1. The molecule has 138 heavy (non-hydrogen) atoms. The standard InChI is InChI=1S/C23H23N3O2.2C22H19ClN2O3.C21H20N2O4.C21H20N2O3S/c1-15-8-19(14-26(2)23(15)28)18-9-17-5-6-20(27)11-21(17)22(10-18)25-13-16-4-3-7-24-12-16;1-25-12-17(8-20(23)22(25)27)16-7-15-4-5-18(26)10-19(15)21(9-16)28-13-14-3-2-6-24-11-14;1-25-12-16(9-20(23)22(25)27)15-8-14-5-6-18(26)11-19(14)21(10-15)28-13-17-4-2-3-7-24-17;1-13-7-16(11-23(2)21(13)25)15-8-14-3-4-17(24)10-18(14)19(9-15)27-12-20-22-5-6-26-20;1-13-5-16(9-23(2)21(13)25)15-6-14-3-4-18(24)8-19(14)20(7-15)26-10-17-11-27-12-22-17/h3-4,7-10,12,14,25H,5-6,11,13H2,1-2H3;2-3,6-9,11-12H,4-5,10,13H2,1H3;2-4,7-10,12H,5-6,11,13H2,1H3;5-9,11H,3-4,10,12H2,1-2H3;5-7,9,11-12H,3-4,8,10H2,1-2H3. The van der Waals surface area contributed by atoms with Crippen LogP contribution in [0.5, 0.6) is 23.0 Å². The summed E-state index contributed by atoms with van der Waals surface area (Å²) in [6, 6.07) is 42.8. The molecule has 10 heterocycles. The van der Waals surface area contributed by atoms with Gasteiger partial charge in [-0.3, -0.25) is 62.9 Å². The van der Waals surface area contributed by atoms with Crippen LogP contribution in [0.3, 0.4) is 0 Å². The minimum atomic E-state index is -0.236. The average molecular weight is 1910 g/mol. The minimum absolute atomic E-state index is 0.00214. The van der Waals surface area contributed by atoms with Gasteiger partial charge in [0, 0.05) is 224 Å². The van der Waals surface area contributed by atoms with Gasteiger partial charge in [-0.05, 0) is 232 Å². The van der Waals surface area contributed by atoms with Crippen molar-refractivity contribution in [3.8, 4) is 78.6 Å². The zero-order valence-electron chi connectivity index (χ0n) is 77.7. The lowest BCUT2D eigenvalue weighted by atomic mass is 9.87. The molecule has 0 saturated heterocycles. The second-order valence-electron chi connectivity index (χ2n) is 35.1. The monoisotopic (exact) mass is 1910 g/mol. The number of benzene rings is 5. The molecule has 0 radical (unpaired) electrons. The van der Waals surface area contributed by atoms with Gasteiger partial charge in [0.2, 0.25) is 5.89 Å². The van der Waals surface area contributed by atoms with Crippen molar-refractivity contribution in [2.45, 2.75) is 150 Å². The molecule has 20 rings (SSSR count). The van der Waals surface area contributed by atoms with Gasteiger partial charge < -0.3 is 51.5 Å². The molecule has 5 aromatic carbocycles. The smallest absolute Gasteiger partial charge is 0.269 e. The van der Waals surface area contributed by atoms with Gasteiger partial charge in [0.1, 0.15) is 88.0 Å². The highest BCUT2D eigenvalue weighted by molar-refractivity contribution is 7.07. The summed E-state index contributed by atoms with van der Waals surface area (Å²) in [4.78, 5) is 141. The maximum absolute atomic E-state index is 12.1. The summed E-state index contributed by atoms with van der Waals surface area (Å²) in [5, 5.41) is 5.80. The first-order valence-corrected chi connectivity index (χ1v) is 47.1. The number of rotatable bonds is 20. The zero-order valence-corrected chi connectivity index (χ0v) is 80.0. The number of hydrogen-bond acceptors (Lipinski definition) is 22. The maximum Gasteiger partial charge on any atom is 0.269 e. The van der Waals surface area contributed by atoms with E-state index in [1.54, 1.807) is 110 Å². The first-order chi connectivity index (χ1) is 66.5. The molecule has 0 amide bonds. The van der Waals surface area contributed by atoms with Crippen LogP contribution in [0.2, 0.25) is 10.0 Å². The molecule has 5 aliphatic carbocycles. The molecule has 0 atom stereocenters. The van der Waals surface area contributed by atoms with Crippen molar-refractivity contribution in [3.63, 3.8) is 0 Å². The molecule has 702 valence electrons. The first kappa shape index (κ1) is 96.2. The SMILES string of the molecule is Cc1cc(-c2cc3c(c(NCc4cccnc4)c2)CC(=O)CC3)cn(C)c1=O.Cc1cc(-c2cc3c(c(OCc4cscn4)c2)CC(=O)CC3)cn(C)c1=O.Cc1cc(-c2cc3c(c(OCc4ncco4)c2)CC(=O)CC3)cn(C)c1=O.Cn1cc(-c2cc3c(c(OCc4ccccn4)c2)CC(=O)CC3)cc(Cl)c1=O.Cn1cc(-c2cc3c(c(OCc4cccnc4)c2)CC(=O)CC3)cc(Cl)c1=O. The van der Waals surface area contributed by atoms with E-state index < -0.39 is 0 Å². The quantitative estimate of drug-likeness (QED) is 0.0741. The molecular weight excluding hydrogens is 1810 g/mol. The lowest BCUT2D eigenvalue weighted by molar-refractivity contribution is -0.119. The number of ketones is 5. The number of ether oxygens (including phenoxy) is 4. The number of oxazole rings is 1. The number of pyridine rings is 8. The fourth-order valence-corrected chi connectivity index (χ4v) is 18.7. The van der Waals surface area contributed by atoms with E-state index in [4.69, 9.17) is 46.6 Å². The van der Waals surface area contributed by atoms with Gasteiger partial charge in [0.05, 0.1) is 23.1 Å². The van der Waals surface area contributed by atoms with Gasteiger partial charge in [-0.1, -0.05) is 71.7 Å². The molecule has 0 spiro atoms. The van der Waals surface area contributed by atoms with Crippen LogP contribution >= 0.6 is 34.5 Å². The first-order valence-electron chi connectivity index (χ1n) is 45.4. The van der Waals surface area contributed by atoms with Crippen molar-refractivity contribution in [2.75, 3.05) is 5.32 Å². The third-order valence-corrected chi connectivity index (χ3v) is 26.1. The zero-order chi connectivity index (χ0) is 97.0. The van der Waals surface area contributed by atoms with Crippen LogP contribution in [0, 0.1) is 20.8 Å². The fraction of sp³-hybridized carbons (Fsp3) is 0.257. The number of aryl methyl sites for hydroxylation is 13. The Morgan fingerprint density at radius 1 is 0.355 bits per heavy atom. The van der Waals surface area contributed by atoms with Crippen LogP contribution in [0.25, 0.3) is 55.6 Å². The van der Waals surface area contributed by atoms with Crippen LogP contribution in [-0.2, 0) is 156 Å². The molecule has 0 bridgehead atoms. The van der Waals surface area contributed by atoms with Crippen molar-refractivity contribution in [1.82, 2.24) is 47.8 Å². The van der Waals surface area contributed by atoms with Gasteiger partial charge in [0.25, 0.3) is 27.8 Å². The third-order valence-electron chi connectivity index (χ3n) is 24.9. The Kier molecular flexibility index (Phi) is 30.2. The van der Waals surface area contributed by atoms with Gasteiger partial charge in [0.15, 0.2) is 6.61 Å². The van der Waals surface area contributed by atoms with Crippen molar-refractivity contribution in [2.24, 2.45) is 35.2 Å². The molecule has 29 heteroatoms. The molecule has 0 saturated carbocycles. The summed E-state index contributed by atoms with van der Waals surface area (Å²) in [6.07, 6.45) is 29.2. The predicted molar refractivity (Wildman–Crippen MR) is 531 cm³/mol. The Labute approximate surface area is 809 Å². The Morgan fingerprint density at radius 3 is 1.09 bits per heavy atom. The summed E-state index contributed by atoms with van der Waals surface area (Å²) in [6.45, 7) is 7.37. The molecule has 10 aromatic heterocycles. The summed E-state index contributed by atoms with van der Waals surface area (Å²) < 4.78 is 37.2. The number of nitrogens with zero attached hydrogens (tertiary/aromatic N) is 10. The molecule has 15 aromatic rings. The second kappa shape index (κ2) is 43.4. The Bertz CT molecular complexity index is 6770. The van der Waals surface area contributed by atoms with Crippen molar-refractivity contribution < 1.29 is 47.3 Å². The highest BCUT2D eigenvalue weighted by Gasteiger charge is 2.29. The molecule has 5 aliphatic rings. The van der Waals surface area contributed by atoms with Crippen molar-refractivity contribution >= 4 is 69.1 Å². The number of halogens is 2. The summed E-state index contributed by atoms with van der Waals surface area (Å²) in [5.41, 5.74) is 28.1. The topological polar surface area (TPSA) is 322 Å². The third kappa shape index (κ3) is 23.4. The number of thiazole rings is 1. The Balaban J connectivity index is 0.000000125. The summed E-state index contributed by atoms with van der Waals surface area (Å²) in [7, 11) is 8.63. The second-order valence-corrected chi connectivity index (χ2v) is 36.6. The molecule has 1 N–H and O–H groups in total. The van der Waals surface area contributed by atoms with Crippen LogP contribution in [-0.4, -0.2) is 76.7 Å². The number of hydrogen-bond donors (Lipinski definition) is 1. The normalized spacial score (nSPS) is 13.4. The number of Topliss-reactive ketones (excluding diaryl/α,β-unsaturated/α-hetero) is 5. The van der Waals surface area contributed by atoms with E-state index in [-0.39, 0.29) is 73.4 Å². The fourth-order valence-electron chi connectivity index (χ4n) is 17.6. The van der Waals surface area contributed by atoms with E-state index in [1.165, 1.54) is 32.3 Å². The molecule has 0 unspecified atom stereocenters. The van der Waals surface area contributed by atoms with E-state index in [0.717, 1.165) is 158 Å². The van der Waals surface area contributed by atoms with E-state index in [2.05, 4.69) is 66.6 Å². The minimum Gasteiger partial charge on any atom is -0.489 e. The Hall–Kier alpha value is -14.9. The number of carbonyl (C=O) groups is 5. The number of fused-ring (bicyclic) bond motifs is 5. The van der Waals surface area contributed by atoms with Crippen LogP contribution < -0.4 is 52.1 Å². The highest BCUT2D eigenvalue weighted by Crippen LogP contribution is 2.42. The van der Waals surface area contributed by atoms with E-state index in [9.17, 15) is 47.9 Å². The highest BCUT2D eigenvalue weighted by atomic mass is 35.5. The molecule has 0 aliphatic heterocycles. The van der Waals surface area contributed by atoms with E-state index >= 15 is 0 Å². The van der Waals surface area contributed by atoms with Gasteiger partial charge in [-0.25, -0.2) is 9.97 Å². The van der Waals surface area contributed by atoms with Gasteiger partial charge >= 0.3 is 0 Å². The van der Waals surface area contributed by atoms with Crippen LogP contribution in [0.1, 0.15) is 133 Å².